The number of thiazole rings is 1. The normalized spacial score (nSPS) is 21.1. The number of esters is 2. The van der Waals surface area contributed by atoms with Gasteiger partial charge in [-0.25, -0.2) is 9.78 Å². The van der Waals surface area contributed by atoms with Gasteiger partial charge in [-0.3, -0.25) is 18.8 Å². The fourth-order valence-electron chi connectivity index (χ4n) is 4.08. The van der Waals surface area contributed by atoms with E-state index in [1.54, 1.807) is 30.6 Å². The fourth-order valence-corrected chi connectivity index (χ4v) is 5.09. The average Bonchev–Trinajstić information content (AvgIpc) is 3.37. The molecule has 0 saturated carbocycles. The number of nitrogens with two attached hydrogens (primary N) is 1. The molecule has 0 aliphatic carbocycles. The molecule has 0 spiro atoms. The third kappa shape index (κ3) is 3.68. The molecule has 1 saturated heterocycles. The van der Waals surface area contributed by atoms with Crippen molar-refractivity contribution in [3.05, 3.63) is 28.8 Å². The van der Waals surface area contributed by atoms with Crippen LogP contribution in [0.4, 0.5) is 0 Å². The first-order valence-corrected chi connectivity index (χ1v) is 11.1. The van der Waals surface area contributed by atoms with Crippen LogP contribution in [0.2, 0.25) is 0 Å². The number of rotatable bonds is 6. The van der Waals surface area contributed by atoms with Gasteiger partial charge in [0.1, 0.15) is 16.9 Å². The molecule has 12 heteroatoms. The molecule has 3 atom stereocenters. The first kappa shape index (κ1) is 22.9. The Kier molecular flexibility index (Phi) is 5.53. The number of amides is 2. The number of ether oxygens (including phenoxy) is 2. The summed E-state index contributed by atoms with van der Waals surface area (Å²) >= 11 is 1.22. The molecule has 0 unspecified atom stereocenters. The van der Waals surface area contributed by atoms with E-state index in [0.29, 0.717) is 22.5 Å². The predicted molar refractivity (Wildman–Crippen MR) is 115 cm³/mol. The van der Waals surface area contributed by atoms with Crippen LogP contribution in [0, 0.1) is 11.3 Å². The van der Waals surface area contributed by atoms with E-state index in [4.69, 9.17) is 15.2 Å². The van der Waals surface area contributed by atoms with Crippen molar-refractivity contribution in [2.75, 3.05) is 6.79 Å². The van der Waals surface area contributed by atoms with Gasteiger partial charge in [-0.2, -0.15) is 0 Å². The lowest BCUT2D eigenvalue weighted by Crippen LogP contribution is -2.61. The van der Waals surface area contributed by atoms with Crippen LogP contribution in [0.25, 0.3) is 10.4 Å². The Labute approximate surface area is 192 Å². The van der Waals surface area contributed by atoms with Gasteiger partial charge in [-0.05, 0) is 34.1 Å². The van der Waals surface area contributed by atoms with Crippen molar-refractivity contribution < 1.29 is 33.8 Å². The number of β-lactam (4-membered cyclic amide) rings is 1. The van der Waals surface area contributed by atoms with Gasteiger partial charge < -0.3 is 25.2 Å². The van der Waals surface area contributed by atoms with Gasteiger partial charge in [0, 0.05) is 11.0 Å². The molecule has 11 nitrogen and oxygen atoms in total. The number of nitrogens with zero attached hydrogens (tertiary/aromatic N) is 3. The molecule has 2 aromatic rings. The third-order valence-electron chi connectivity index (χ3n) is 5.72. The van der Waals surface area contributed by atoms with Crippen molar-refractivity contribution >= 4 is 45.5 Å². The molecule has 4 heterocycles. The number of fused-ring (bicyclic) bond motifs is 2. The SMILES string of the molecule is C[C@@H](O)[C@H]1C(=O)N2C(C(=O)OCOC(=O)C(C)(C)C)=C(c3csc4c(C(N)=O)ncn34)C[C@H]12. The number of hydrogen-bond acceptors (Lipinski definition) is 9. The molecule has 0 radical (unpaired) electrons. The highest BCUT2D eigenvalue weighted by Gasteiger charge is 2.57. The van der Waals surface area contributed by atoms with E-state index in [9.17, 15) is 24.3 Å². The van der Waals surface area contributed by atoms with Crippen molar-refractivity contribution in [1.29, 1.82) is 0 Å². The van der Waals surface area contributed by atoms with E-state index >= 15 is 0 Å². The van der Waals surface area contributed by atoms with Crippen LogP contribution in [0.1, 0.15) is 50.3 Å². The zero-order chi connectivity index (χ0) is 24.2. The van der Waals surface area contributed by atoms with Crippen LogP contribution in [0.5, 0.6) is 0 Å². The van der Waals surface area contributed by atoms with Gasteiger partial charge in [0.05, 0.1) is 29.2 Å². The summed E-state index contributed by atoms with van der Waals surface area (Å²) in [6.07, 6.45) is 0.829. The zero-order valence-corrected chi connectivity index (χ0v) is 19.3. The minimum absolute atomic E-state index is 0.0164. The Morgan fingerprint density at radius 1 is 1.33 bits per heavy atom. The van der Waals surface area contributed by atoms with Crippen LogP contribution in [-0.2, 0) is 23.9 Å². The van der Waals surface area contributed by atoms with Crippen LogP contribution in [0.15, 0.2) is 17.4 Å². The zero-order valence-electron chi connectivity index (χ0n) is 18.5. The third-order valence-corrected chi connectivity index (χ3v) is 6.68. The summed E-state index contributed by atoms with van der Waals surface area (Å²) in [6, 6.07) is -0.416. The van der Waals surface area contributed by atoms with Crippen LogP contribution >= 0.6 is 11.3 Å². The second-order valence-electron chi connectivity index (χ2n) is 9.06. The molecular formula is C21H24N4O7S. The summed E-state index contributed by atoms with van der Waals surface area (Å²) in [5, 5.41) is 11.8. The quantitative estimate of drug-likeness (QED) is 0.354. The van der Waals surface area contributed by atoms with Crippen LogP contribution < -0.4 is 5.73 Å². The van der Waals surface area contributed by atoms with Gasteiger partial charge in [0.2, 0.25) is 12.7 Å². The maximum Gasteiger partial charge on any atom is 0.358 e. The number of carbonyl (C=O) groups is 4. The topological polar surface area (TPSA) is 154 Å². The number of imidazole rings is 1. The van der Waals surface area contributed by atoms with Gasteiger partial charge in [-0.1, -0.05) is 0 Å². The number of primary amides is 1. The van der Waals surface area contributed by atoms with E-state index in [2.05, 4.69) is 4.98 Å². The Bertz CT molecular complexity index is 1200. The summed E-state index contributed by atoms with van der Waals surface area (Å²) in [6.45, 7) is 5.93. The van der Waals surface area contributed by atoms with Crippen LogP contribution in [0.3, 0.4) is 0 Å². The number of carbonyl (C=O) groups excluding carboxylic acids is 4. The molecule has 2 aliphatic heterocycles. The predicted octanol–water partition coefficient (Wildman–Crippen LogP) is 0.907. The Balaban J connectivity index is 1.68. The van der Waals surface area contributed by atoms with Gasteiger partial charge in [-0.15, -0.1) is 11.3 Å². The molecule has 1 fully saturated rings. The number of aliphatic hydroxyl groups excluding tert-OH is 1. The summed E-state index contributed by atoms with van der Waals surface area (Å²) in [4.78, 5) is 55.2. The highest BCUT2D eigenvalue weighted by Crippen LogP contribution is 2.47. The standard InChI is InChI=1S/C21H24N4O7S/c1-9(26)13-11-5-10(12-6-33-18-14(16(22)27)23-7-24(12)18)15(25(11)17(13)28)19(29)31-8-32-20(30)21(2,3)4/h6-7,9,11,13,26H,5,8H2,1-4H3,(H2,22,27)/t9-,11-,13-/m1/s1. The summed E-state index contributed by atoms with van der Waals surface area (Å²) in [5.41, 5.74) is 5.79. The second-order valence-corrected chi connectivity index (χ2v) is 9.92. The lowest BCUT2D eigenvalue weighted by Gasteiger charge is -2.44. The molecule has 0 bridgehead atoms. The number of aliphatic hydroxyl groups is 1. The lowest BCUT2D eigenvalue weighted by molar-refractivity contribution is -0.175. The second kappa shape index (κ2) is 7.96. The maximum absolute atomic E-state index is 13.0. The smallest absolute Gasteiger partial charge is 0.358 e. The monoisotopic (exact) mass is 476 g/mol. The van der Waals surface area contributed by atoms with Gasteiger partial charge in [0.15, 0.2) is 5.69 Å². The van der Waals surface area contributed by atoms with E-state index < -0.39 is 54.0 Å². The number of aromatic nitrogens is 2. The van der Waals surface area contributed by atoms with Crippen molar-refractivity contribution in [2.45, 2.75) is 46.3 Å². The van der Waals surface area contributed by atoms with Crippen LogP contribution in [-0.4, -0.2) is 62.1 Å². The Hall–Kier alpha value is -3.25. The largest absolute Gasteiger partial charge is 0.427 e. The first-order valence-electron chi connectivity index (χ1n) is 10.3. The summed E-state index contributed by atoms with van der Waals surface area (Å²) in [5.74, 6) is -3.10. The minimum atomic E-state index is -0.889. The van der Waals surface area contributed by atoms with Crippen molar-refractivity contribution in [3.8, 4) is 0 Å². The molecule has 3 N–H and O–H groups in total. The van der Waals surface area contributed by atoms with Crippen molar-refractivity contribution in [3.63, 3.8) is 0 Å². The van der Waals surface area contributed by atoms with Gasteiger partial charge >= 0.3 is 11.9 Å². The highest BCUT2D eigenvalue weighted by atomic mass is 32.1. The highest BCUT2D eigenvalue weighted by molar-refractivity contribution is 7.16. The lowest BCUT2D eigenvalue weighted by atomic mass is 9.83. The molecule has 2 amide bonds. The van der Waals surface area contributed by atoms with E-state index in [0.717, 1.165) is 0 Å². The molecule has 2 aromatic heterocycles. The molecule has 2 aliphatic rings. The molecule has 33 heavy (non-hydrogen) atoms. The molecule has 0 aromatic carbocycles. The van der Waals surface area contributed by atoms with E-state index in [1.807, 2.05) is 0 Å². The summed E-state index contributed by atoms with van der Waals surface area (Å²) in [7, 11) is 0. The Morgan fingerprint density at radius 3 is 2.64 bits per heavy atom. The molecular weight excluding hydrogens is 452 g/mol. The van der Waals surface area contributed by atoms with E-state index in [1.165, 1.54) is 29.5 Å². The fraction of sp³-hybridized carbons (Fsp3) is 0.476. The Morgan fingerprint density at radius 2 is 2.03 bits per heavy atom. The van der Waals surface area contributed by atoms with Crippen molar-refractivity contribution in [1.82, 2.24) is 14.3 Å². The minimum Gasteiger partial charge on any atom is -0.427 e. The van der Waals surface area contributed by atoms with E-state index in [-0.39, 0.29) is 11.4 Å². The summed E-state index contributed by atoms with van der Waals surface area (Å²) < 4.78 is 11.8. The number of hydrogen-bond donors (Lipinski definition) is 2. The molecule has 176 valence electrons. The van der Waals surface area contributed by atoms with Crippen molar-refractivity contribution in [2.24, 2.45) is 17.1 Å². The first-order chi connectivity index (χ1) is 15.4. The maximum atomic E-state index is 13.0. The average molecular weight is 477 g/mol. The van der Waals surface area contributed by atoms with Gasteiger partial charge in [0.25, 0.3) is 5.91 Å². The molecule has 4 rings (SSSR count).